The predicted molar refractivity (Wildman–Crippen MR) is 78.0 cm³/mol. The van der Waals surface area contributed by atoms with Crippen molar-refractivity contribution in [2.24, 2.45) is 11.8 Å². The highest BCUT2D eigenvalue weighted by atomic mass is 14.4. The smallest absolute Gasteiger partial charge is 0.143 e. The summed E-state index contributed by atoms with van der Waals surface area (Å²) in [6.45, 7) is 6.58. The molecule has 2 atom stereocenters. The van der Waals surface area contributed by atoms with Crippen LogP contribution in [-0.4, -0.2) is 0 Å². The Bertz CT molecular complexity index is 530. The van der Waals surface area contributed by atoms with E-state index in [4.69, 9.17) is 10.5 Å². The molecular weight excluding hydrogens is 246 g/mol. The van der Waals surface area contributed by atoms with Crippen molar-refractivity contribution in [3.8, 4) is 18.2 Å². The van der Waals surface area contributed by atoms with Gasteiger partial charge < -0.3 is 0 Å². The molecule has 0 spiro atoms. The fourth-order valence-electron chi connectivity index (χ4n) is 3.05. The molecule has 1 rings (SSSR count). The van der Waals surface area contributed by atoms with Gasteiger partial charge in [-0.1, -0.05) is 31.9 Å². The quantitative estimate of drug-likeness (QED) is 0.559. The Labute approximate surface area is 121 Å². The second-order valence-corrected chi connectivity index (χ2v) is 5.45. The molecule has 0 saturated carbocycles. The molecule has 0 saturated heterocycles. The van der Waals surface area contributed by atoms with Gasteiger partial charge in [-0.15, -0.1) is 0 Å². The Hall–Kier alpha value is -2.05. The van der Waals surface area contributed by atoms with E-state index in [2.05, 4.69) is 20.8 Å². The molecule has 0 fully saturated rings. The second-order valence-electron chi connectivity index (χ2n) is 5.45. The minimum Gasteiger partial charge on any atom is -0.193 e. The summed E-state index contributed by atoms with van der Waals surface area (Å²) in [5, 5.41) is 27.0. The van der Waals surface area contributed by atoms with E-state index in [1.54, 1.807) is 5.57 Å². The largest absolute Gasteiger partial charge is 0.193 e. The summed E-state index contributed by atoms with van der Waals surface area (Å²) in [7, 11) is 0. The second kappa shape index (κ2) is 7.52. The number of hydrogen-bond donors (Lipinski definition) is 0. The summed E-state index contributed by atoms with van der Waals surface area (Å²) in [6, 6.07) is 5.72. The van der Waals surface area contributed by atoms with E-state index in [9.17, 15) is 5.26 Å². The number of allylic oxidation sites excluding steroid dienone is 4. The van der Waals surface area contributed by atoms with E-state index in [1.807, 2.05) is 18.2 Å². The van der Waals surface area contributed by atoms with Crippen LogP contribution in [0.2, 0.25) is 0 Å². The highest BCUT2D eigenvalue weighted by molar-refractivity contribution is 5.46. The molecule has 0 N–H and O–H groups in total. The van der Waals surface area contributed by atoms with Crippen LogP contribution in [0, 0.1) is 45.8 Å². The maximum atomic E-state index is 9.17. The molecule has 3 heteroatoms. The maximum Gasteiger partial charge on any atom is 0.143 e. The molecule has 1 aliphatic rings. The molecule has 0 radical (unpaired) electrons. The first-order valence-electron chi connectivity index (χ1n) is 7.24. The fraction of sp³-hybridized carbons (Fsp3) is 0.588. The Balaban J connectivity index is 2.99. The molecule has 0 aromatic heterocycles. The summed E-state index contributed by atoms with van der Waals surface area (Å²) in [5.41, 5.74) is 3.38. The lowest BCUT2D eigenvalue weighted by Crippen LogP contribution is -2.20. The molecule has 0 amide bonds. The van der Waals surface area contributed by atoms with Gasteiger partial charge in [0.25, 0.3) is 0 Å². The fourth-order valence-corrected chi connectivity index (χ4v) is 3.05. The first-order chi connectivity index (χ1) is 9.60. The molecule has 0 unspecified atom stereocenters. The minimum atomic E-state index is -0.0250. The minimum absolute atomic E-state index is 0.0250. The molecule has 104 valence electrons. The number of nitrogens with zero attached hydrogens (tertiary/aromatic N) is 3. The summed E-state index contributed by atoms with van der Waals surface area (Å²) >= 11 is 0. The molecule has 0 heterocycles. The van der Waals surface area contributed by atoms with E-state index in [0.29, 0.717) is 23.8 Å². The average Bonchev–Trinajstić information content (AvgIpc) is 2.48. The molecule has 0 bridgehead atoms. The van der Waals surface area contributed by atoms with Crippen LogP contribution in [0.1, 0.15) is 52.9 Å². The van der Waals surface area contributed by atoms with Crippen molar-refractivity contribution in [3.05, 3.63) is 22.3 Å². The van der Waals surface area contributed by atoms with Crippen LogP contribution in [0.4, 0.5) is 0 Å². The van der Waals surface area contributed by atoms with Gasteiger partial charge in [0.1, 0.15) is 17.7 Å². The zero-order valence-corrected chi connectivity index (χ0v) is 12.5. The van der Waals surface area contributed by atoms with Crippen LogP contribution in [0.15, 0.2) is 22.3 Å². The zero-order chi connectivity index (χ0) is 15.1. The van der Waals surface area contributed by atoms with Crippen molar-refractivity contribution in [2.75, 3.05) is 0 Å². The van der Waals surface area contributed by atoms with Crippen molar-refractivity contribution in [2.45, 2.75) is 52.9 Å². The van der Waals surface area contributed by atoms with Crippen molar-refractivity contribution in [1.82, 2.24) is 0 Å². The Morgan fingerprint density at radius 1 is 1.00 bits per heavy atom. The van der Waals surface area contributed by atoms with E-state index >= 15 is 0 Å². The first-order valence-corrected chi connectivity index (χ1v) is 7.24. The number of nitriles is 3. The van der Waals surface area contributed by atoms with Crippen molar-refractivity contribution >= 4 is 0 Å². The van der Waals surface area contributed by atoms with Gasteiger partial charge >= 0.3 is 0 Å². The number of hydrogen-bond acceptors (Lipinski definition) is 3. The number of rotatable bonds is 4. The van der Waals surface area contributed by atoms with Gasteiger partial charge in [0.15, 0.2) is 0 Å². The van der Waals surface area contributed by atoms with Gasteiger partial charge in [-0.2, -0.15) is 15.8 Å². The third kappa shape index (κ3) is 3.49. The molecule has 3 nitrogen and oxygen atoms in total. The molecule has 20 heavy (non-hydrogen) atoms. The van der Waals surface area contributed by atoms with Gasteiger partial charge in [0, 0.05) is 0 Å². The van der Waals surface area contributed by atoms with Crippen LogP contribution >= 0.6 is 0 Å². The lowest BCUT2D eigenvalue weighted by molar-refractivity contribution is 0.323. The van der Waals surface area contributed by atoms with Gasteiger partial charge in [0.05, 0.1) is 11.6 Å². The van der Waals surface area contributed by atoms with E-state index in [0.717, 1.165) is 25.7 Å². The first kappa shape index (κ1) is 16.0. The molecule has 0 aliphatic heterocycles. The standard InChI is InChI=1S/C17H21N3/c1-4-13-6-12(3)15(7-14(13)5-2)8-16(9-18)17(10-19)11-20/h12,15H,4-8H2,1-3H3/t12-,15-/m0/s1. The summed E-state index contributed by atoms with van der Waals surface area (Å²) in [6.07, 6.45) is 4.78. The summed E-state index contributed by atoms with van der Waals surface area (Å²) in [5.74, 6) is 0.869. The highest BCUT2D eigenvalue weighted by Gasteiger charge is 2.27. The monoisotopic (exact) mass is 267 g/mol. The lowest BCUT2D eigenvalue weighted by atomic mass is 9.72. The average molecular weight is 267 g/mol. The lowest BCUT2D eigenvalue weighted by Gasteiger charge is -2.32. The third-order valence-electron chi connectivity index (χ3n) is 4.36. The zero-order valence-electron chi connectivity index (χ0n) is 12.5. The van der Waals surface area contributed by atoms with Crippen molar-refractivity contribution < 1.29 is 0 Å². The topological polar surface area (TPSA) is 71.4 Å². The van der Waals surface area contributed by atoms with Crippen LogP contribution in [0.25, 0.3) is 0 Å². The molecule has 0 aromatic rings. The molecule has 0 aromatic carbocycles. The van der Waals surface area contributed by atoms with Crippen LogP contribution < -0.4 is 0 Å². The molecular formula is C17H21N3. The van der Waals surface area contributed by atoms with Crippen LogP contribution in [0.5, 0.6) is 0 Å². The van der Waals surface area contributed by atoms with E-state index < -0.39 is 0 Å². The van der Waals surface area contributed by atoms with Crippen molar-refractivity contribution in [3.63, 3.8) is 0 Å². The Morgan fingerprint density at radius 2 is 1.55 bits per heavy atom. The van der Waals surface area contributed by atoms with Gasteiger partial charge in [-0.25, -0.2) is 0 Å². The normalized spacial score (nSPS) is 21.6. The molecule has 1 aliphatic carbocycles. The van der Waals surface area contributed by atoms with Crippen LogP contribution in [-0.2, 0) is 0 Å². The maximum absolute atomic E-state index is 9.17. The van der Waals surface area contributed by atoms with E-state index in [1.165, 1.54) is 5.57 Å². The third-order valence-corrected chi connectivity index (χ3v) is 4.36. The Kier molecular flexibility index (Phi) is 6.02. The summed E-state index contributed by atoms with van der Waals surface area (Å²) < 4.78 is 0. The highest BCUT2D eigenvalue weighted by Crippen LogP contribution is 2.39. The van der Waals surface area contributed by atoms with Gasteiger partial charge in [-0.3, -0.25) is 0 Å². The summed E-state index contributed by atoms with van der Waals surface area (Å²) in [4.78, 5) is 0. The van der Waals surface area contributed by atoms with Crippen molar-refractivity contribution in [1.29, 1.82) is 15.8 Å². The SMILES string of the molecule is CCC1=C(CC)C[C@H](C)[C@H](CC(C#N)=C(C#N)C#N)C1. The van der Waals surface area contributed by atoms with E-state index in [-0.39, 0.29) is 5.57 Å². The van der Waals surface area contributed by atoms with Gasteiger partial charge in [0.2, 0.25) is 0 Å². The van der Waals surface area contributed by atoms with Gasteiger partial charge in [-0.05, 0) is 43.9 Å². The predicted octanol–water partition coefficient (Wildman–Crippen LogP) is 4.41. The Morgan fingerprint density at radius 3 is 2.00 bits per heavy atom. The van der Waals surface area contributed by atoms with Crippen LogP contribution in [0.3, 0.4) is 0 Å².